The average Bonchev–Trinajstić information content (AvgIpc) is 3.34. The molecule has 0 amide bonds. The van der Waals surface area contributed by atoms with Crippen molar-refractivity contribution in [3.8, 4) is 0 Å². The van der Waals surface area contributed by atoms with E-state index >= 15 is 0 Å². The third-order valence-corrected chi connectivity index (χ3v) is 5.86. The highest BCUT2D eigenvalue weighted by Crippen LogP contribution is 2.48. The van der Waals surface area contributed by atoms with Gasteiger partial charge in [-0.1, -0.05) is 0 Å². The van der Waals surface area contributed by atoms with Crippen LogP contribution < -0.4 is 10.0 Å². The first-order valence-electron chi connectivity index (χ1n) is 7.79. The summed E-state index contributed by atoms with van der Waals surface area (Å²) in [7, 11) is -3.49. The number of rotatable bonds is 8. The fraction of sp³-hybridized carbons (Fsp3) is 0.667. The lowest BCUT2D eigenvalue weighted by molar-refractivity contribution is 0.401. The van der Waals surface area contributed by atoms with E-state index in [0.29, 0.717) is 24.7 Å². The quantitative estimate of drug-likeness (QED) is 0.772. The molecule has 5 nitrogen and oxygen atoms in total. The fourth-order valence-electron chi connectivity index (χ4n) is 2.98. The Kier molecular flexibility index (Phi) is 4.17. The Morgan fingerprint density at radius 3 is 2.52 bits per heavy atom. The molecule has 3 rings (SSSR count). The molecule has 21 heavy (non-hydrogen) atoms. The third kappa shape index (κ3) is 3.55. The SMILES string of the molecule is CCNc1ccncc1S(=O)(=O)NCC(C1CC1)C1CC1. The molecule has 0 aliphatic heterocycles. The lowest BCUT2D eigenvalue weighted by atomic mass is 9.99. The van der Waals surface area contributed by atoms with Gasteiger partial charge in [0, 0.05) is 25.5 Å². The molecule has 1 aromatic rings. The molecule has 2 N–H and O–H groups in total. The van der Waals surface area contributed by atoms with Crippen molar-refractivity contribution in [3.05, 3.63) is 18.5 Å². The standard InChI is InChI=1S/C15H23N3O2S/c1-2-17-14-7-8-16-10-15(14)21(19,20)18-9-13(11-3-4-11)12-5-6-12/h7-8,10-13,18H,2-6,9H2,1H3,(H,16,17). The summed E-state index contributed by atoms with van der Waals surface area (Å²) < 4.78 is 27.9. The van der Waals surface area contributed by atoms with Crippen LogP contribution in [0.5, 0.6) is 0 Å². The van der Waals surface area contributed by atoms with Crippen LogP contribution in [0, 0.1) is 17.8 Å². The Labute approximate surface area is 126 Å². The maximum absolute atomic E-state index is 12.5. The number of sulfonamides is 1. The van der Waals surface area contributed by atoms with E-state index in [4.69, 9.17) is 0 Å². The van der Waals surface area contributed by atoms with E-state index in [1.54, 1.807) is 12.3 Å². The normalized spacial score (nSPS) is 19.0. The van der Waals surface area contributed by atoms with E-state index in [9.17, 15) is 8.42 Å². The molecule has 2 saturated carbocycles. The van der Waals surface area contributed by atoms with E-state index in [0.717, 1.165) is 11.8 Å². The molecule has 0 radical (unpaired) electrons. The topological polar surface area (TPSA) is 71.1 Å². The van der Waals surface area contributed by atoms with Gasteiger partial charge in [0.1, 0.15) is 4.90 Å². The van der Waals surface area contributed by atoms with Crippen LogP contribution in [0.4, 0.5) is 5.69 Å². The molecule has 2 aliphatic rings. The number of hydrogen-bond donors (Lipinski definition) is 2. The van der Waals surface area contributed by atoms with Crippen molar-refractivity contribution in [3.63, 3.8) is 0 Å². The Balaban J connectivity index is 1.71. The highest BCUT2D eigenvalue weighted by atomic mass is 32.2. The van der Waals surface area contributed by atoms with E-state index in [1.807, 2.05) is 6.92 Å². The predicted molar refractivity (Wildman–Crippen MR) is 82.5 cm³/mol. The molecule has 0 aromatic carbocycles. The monoisotopic (exact) mass is 309 g/mol. The summed E-state index contributed by atoms with van der Waals surface area (Å²) in [4.78, 5) is 4.20. The zero-order chi connectivity index (χ0) is 14.9. The number of nitrogens with zero attached hydrogens (tertiary/aromatic N) is 1. The molecule has 116 valence electrons. The first-order chi connectivity index (χ1) is 10.1. The molecule has 1 aromatic heterocycles. The second-order valence-electron chi connectivity index (χ2n) is 6.09. The van der Waals surface area contributed by atoms with Gasteiger partial charge in [-0.25, -0.2) is 13.1 Å². The van der Waals surface area contributed by atoms with Crippen LogP contribution in [0.3, 0.4) is 0 Å². The largest absolute Gasteiger partial charge is 0.384 e. The number of anilines is 1. The van der Waals surface area contributed by atoms with Crippen LogP contribution in [0.15, 0.2) is 23.4 Å². The van der Waals surface area contributed by atoms with Crippen molar-refractivity contribution in [2.24, 2.45) is 17.8 Å². The number of aromatic nitrogens is 1. The van der Waals surface area contributed by atoms with E-state index in [2.05, 4.69) is 15.0 Å². The van der Waals surface area contributed by atoms with E-state index in [1.165, 1.54) is 31.9 Å². The molecule has 0 atom stereocenters. The highest BCUT2D eigenvalue weighted by Gasteiger charge is 2.41. The zero-order valence-electron chi connectivity index (χ0n) is 12.4. The van der Waals surface area contributed by atoms with Gasteiger partial charge in [0.15, 0.2) is 0 Å². The Hall–Kier alpha value is -1.14. The lowest BCUT2D eigenvalue weighted by Crippen LogP contribution is -2.31. The van der Waals surface area contributed by atoms with Gasteiger partial charge in [-0.3, -0.25) is 4.98 Å². The summed E-state index contributed by atoms with van der Waals surface area (Å²) in [5.74, 6) is 2.00. The third-order valence-electron chi connectivity index (χ3n) is 4.41. The zero-order valence-corrected chi connectivity index (χ0v) is 13.2. The van der Waals surface area contributed by atoms with Crippen LogP contribution in [0.25, 0.3) is 0 Å². The van der Waals surface area contributed by atoms with Crippen molar-refractivity contribution >= 4 is 15.7 Å². The Bertz CT molecular complexity index is 583. The van der Waals surface area contributed by atoms with E-state index in [-0.39, 0.29) is 4.90 Å². The minimum Gasteiger partial charge on any atom is -0.384 e. The van der Waals surface area contributed by atoms with Crippen molar-refractivity contribution in [1.82, 2.24) is 9.71 Å². The summed E-state index contributed by atoms with van der Waals surface area (Å²) in [5, 5.41) is 3.08. The number of nitrogens with one attached hydrogen (secondary N) is 2. The molecule has 2 fully saturated rings. The first-order valence-corrected chi connectivity index (χ1v) is 9.27. The molecular formula is C15H23N3O2S. The van der Waals surface area contributed by atoms with Gasteiger partial charge >= 0.3 is 0 Å². The highest BCUT2D eigenvalue weighted by molar-refractivity contribution is 7.89. The molecule has 2 aliphatic carbocycles. The molecular weight excluding hydrogens is 286 g/mol. The van der Waals surface area contributed by atoms with Gasteiger partial charge in [-0.15, -0.1) is 0 Å². The second kappa shape index (κ2) is 5.93. The predicted octanol–water partition coefficient (Wildman–Crippen LogP) is 2.23. The average molecular weight is 309 g/mol. The van der Waals surface area contributed by atoms with Gasteiger partial charge < -0.3 is 5.32 Å². The second-order valence-corrected chi connectivity index (χ2v) is 7.83. The molecule has 0 bridgehead atoms. The Morgan fingerprint density at radius 2 is 1.95 bits per heavy atom. The smallest absolute Gasteiger partial charge is 0.244 e. The van der Waals surface area contributed by atoms with Crippen LogP contribution in [0.1, 0.15) is 32.6 Å². The van der Waals surface area contributed by atoms with Crippen molar-refractivity contribution in [2.45, 2.75) is 37.5 Å². The maximum Gasteiger partial charge on any atom is 0.244 e. The minimum atomic E-state index is -3.49. The fourth-order valence-corrected chi connectivity index (χ4v) is 4.18. The first kappa shape index (κ1) is 14.8. The number of hydrogen-bond acceptors (Lipinski definition) is 4. The van der Waals surface area contributed by atoms with E-state index < -0.39 is 10.0 Å². The van der Waals surface area contributed by atoms with Crippen LogP contribution >= 0.6 is 0 Å². The summed E-state index contributed by atoms with van der Waals surface area (Å²) in [6.07, 6.45) is 8.07. The minimum absolute atomic E-state index is 0.247. The molecule has 0 saturated heterocycles. The van der Waals surface area contributed by atoms with Crippen molar-refractivity contribution < 1.29 is 8.42 Å². The van der Waals surface area contributed by atoms with Gasteiger partial charge in [0.2, 0.25) is 10.0 Å². The summed E-state index contributed by atoms with van der Waals surface area (Å²) in [6, 6.07) is 1.71. The summed E-state index contributed by atoms with van der Waals surface area (Å²) >= 11 is 0. The van der Waals surface area contributed by atoms with Gasteiger partial charge in [-0.2, -0.15) is 0 Å². The molecule has 1 heterocycles. The lowest BCUT2D eigenvalue weighted by Gasteiger charge is -2.17. The Morgan fingerprint density at radius 1 is 1.29 bits per heavy atom. The molecule has 0 unspecified atom stereocenters. The maximum atomic E-state index is 12.5. The summed E-state index contributed by atoms with van der Waals surface area (Å²) in [6.45, 7) is 3.19. The van der Waals surface area contributed by atoms with Crippen molar-refractivity contribution in [2.75, 3.05) is 18.4 Å². The molecule has 0 spiro atoms. The molecule has 6 heteroatoms. The van der Waals surface area contributed by atoms with Crippen LogP contribution in [-0.4, -0.2) is 26.5 Å². The van der Waals surface area contributed by atoms with Crippen LogP contribution in [-0.2, 0) is 10.0 Å². The van der Waals surface area contributed by atoms with Gasteiger partial charge in [0.05, 0.1) is 5.69 Å². The van der Waals surface area contributed by atoms with Crippen molar-refractivity contribution in [1.29, 1.82) is 0 Å². The van der Waals surface area contributed by atoms with Crippen LogP contribution in [0.2, 0.25) is 0 Å². The number of pyridine rings is 1. The van der Waals surface area contributed by atoms with Gasteiger partial charge in [0.25, 0.3) is 0 Å². The summed E-state index contributed by atoms with van der Waals surface area (Å²) in [5.41, 5.74) is 0.620. The van der Waals surface area contributed by atoms with Gasteiger partial charge in [-0.05, 0) is 56.4 Å².